The quantitative estimate of drug-likeness (QED) is 0.470. The summed E-state index contributed by atoms with van der Waals surface area (Å²) in [5.74, 6) is 0.490. The zero-order chi connectivity index (χ0) is 19.6. The Balaban J connectivity index is 1.93. The highest BCUT2D eigenvalue weighted by atomic mass is 32.2. The number of nitrogens with zero attached hydrogens (tertiary/aromatic N) is 3. The fourth-order valence-corrected chi connectivity index (χ4v) is 3.76. The summed E-state index contributed by atoms with van der Waals surface area (Å²) in [6.45, 7) is 0.00560. The van der Waals surface area contributed by atoms with Crippen molar-refractivity contribution in [3.63, 3.8) is 0 Å². The minimum atomic E-state index is -4.07. The van der Waals surface area contributed by atoms with E-state index in [1.807, 2.05) is 0 Å². The highest BCUT2D eigenvalue weighted by Crippen LogP contribution is 2.18. The molecule has 140 valence electrons. The van der Waals surface area contributed by atoms with Gasteiger partial charge in [-0.25, -0.2) is 13.2 Å². The van der Waals surface area contributed by atoms with E-state index >= 15 is 0 Å². The molecule has 3 rings (SSSR count). The molecule has 2 aromatic carbocycles. The van der Waals surface area contributed by atoms with Gasteiger partial charge in [0.1, 0.15) is 5.75 Å². The third-order valence-corrected chi connectivity index (χ3v) is 5.57. The first kappa shape index (κ1) is 18.4. The molecule has 0 N–H and O–H groups in total. The molecule has 9 nitrogen and oxygen atoms in total. The van der Waals surface area contributed by atoms with Gasteiger partial charge in [0, 0.05) is 24.5 Å². The van der Waals surface area contributed by atoms with Crippen molar-refractivity contribution in [3.05, 3.63) is 87.1 Å². The second kappa shape index (κ2) is 7.08. The molecule has 27 heavy (non-hydrogen) atoms. The molecule has 0 amide bonds. The van der Waals surface area contributed by atoms with Crippen LogP contribution in [0.4, 0.5) is 5.69 Å². The smallest absolute Gasteiger partial charge is 0.342 e. The van der Waals surface area contributed by atoms with E-state index in [4.69, 9.17) is 4.74 Å². The second-order valence-corrected chi connectivity index (χ2v) is 7.43. The molecule has 10 heteroatoms. The van der Waals surface area contributed by atoms with Crippen molar-refractivity contribution < 1.29 is 18.1 Å². The van der Waals surface area contributed by atoms with Crippen LogP contribution in [-0.2, 0) is 16.6 Å². The number of ether oxygens (including phenoxy) is 1. The molecule has 0 radical (unpaired) electrons. The summed E-state index contributed by atoms with van der Waals surface area (Å²) < 4.78 is 32.2. The number of imidazole rings is 1. The molecule has 0 bridgehead atoms. The fourth-order valence-electron chi connectivity index (χ4n) is 2.52. The van der Waals surface area contributed by atoms with Crippen LogP contribution in [0.2, 0.25) is 0 Å². The summed E-state index contributed by atoms with van der Waals surface area (Å²) in [6, 6.07) is 11.5. The summed E-state index contributed by atoms with van der Waals surface area (Å²) in [5, 5.41) is 10.9. The van der Waals surface area contributed by atoms with Gasteiger partial charge in [0.25, 0.3) is 15.7 Å². The standard InChI is InChI=1S/C17H15N3O6S/c1-26-15-5-7-16(8-6-15)27(24,25)19-10-9-18(17(19)21)12-13-3-2-4-14(11-13)20(22)23/h2-11H,12H2,1H3. The number of methoxy groups -OCH3 is 1. The van der Waals surface area contributed by atoms with Gasteiger partial charge in [-0.1, -0.05) is 12.1 Å². The molecule has 0 unspecified atom stereocenters. The second-order valence-electron chi connectivity index (χ2n) is 5.61. The topological polar surface area (TPSA) is 113 Å². The molecule has 0 aliphatic carbocycles. The van der Waals surface area contributed by atoms with Gasteiger partial charge in [-0.2, -0.15) is 3.97 Å². The molecular weight excluding hydrogens is 374 g/mol. The highest BCUT2D eigenvalue weighted by molar-refractivity contribution is 7.90. The molecule has 3 aromatic rings. The Morgan fingerprint density at radius 2 is 1.81 bits per heavy atom. The molecular formula is C17H15N3O6S. The van der Waals surface area contributed by atoms with Crippen LogP contribution in [0.25, 0.3) is 0 Å². The summed E-state index contributed by atoms with van der Waals surface area (Å²) >= 11 is 0. The van der Waals surface area contributed by atoms with Gasteiger partial charge in [-0.3, -0.25) is 14.7 Å². The Kier molecular flexibility index (Phi) is 4.82. The monoisotopic (exact) mass is 389 g/mol. The summed E-state index contributed by atoms with van der Waals surface area (Å²) in [7, 11) is -2.61. The maximum atomic E-state index is 12.7. The predicted octanol–water partition coefficient (Wildman–Crippen LogP) is 1.85. The minimum absolute atomic E-state index is 0.00560. The number of hydrogen-bond donors (Lipinski definition) is 0. The van der Waals surface area contributed by atoms with Crippen LogP contribution >= 0.6 is 0 Å². The van der Waals surface area contributed by atoms with Crippen LogP contribution in [0.3, 0.4) is 0 Å². The van der Waals surface area contributed by atoms with Crippen LogP contribution in [0, 0.1) is 10.1 Å². The first-order valence-corrected chi connectivity index (χ1v) is 9.17. The Bertz CT molecular complexity index is 1150. The SMILES string of the molecule is COc1ccc(S(=O)(=O)n2ccn(Cc3cccc([N+](=O)[O-])c3)c2=O)cc1. The lowest BCUT2D eigenvalue weighted by molar-refractivity contribution is -0.384. The van der Waals surface area contributed by atoms with E-state index in [-0.39, 0.29) is 17.1 Å². The Morgan fingerprint density at radius 3 is 2.44 bits per heavy atom. The van der Waals surface area contributed by atoms with E-state index in [2.05, 4.69) is 0 Å². The first-order valence-electron chi connectivity index (χ1n) is 7.73. The van der Waals surface area contributed by atoms with Gasteiger partial charge < -0.3 is 4.74 Å². The first-order chi connectivity index (χ1) is 12.8. The van der Waals surface area contributed by atoms with Crippen LogP contribution < -0.4 is 10.4 Å². The number of aromatic nitrogens is 2. The molecule has 0 fully saturated rings. The lowest BCUT2D eigenvalue weighted by Crippen LogP contribution is -2.29. The average Bonchev–Trinajstić information content (AvgIpc) is 3.03. The normalized spacial score (nSPS) is 11.3. The number of benzene rings is 2. The van der Waals surface area contributed by atoms with Crippen molar-refractivity contribution in [3.8, 4) is 5.75 Å². The molecule has 0 saturated heterocycles. The zero-order valence-electron chi connectivity index (χ0n) is 14.2. The van der Waals surface area contributed by atoms with Crippen molar-refractivity contribution in [1.82, 2.24) is 8.54 Å². The van der Waals surface area contributed by atoms with E-state index in [1.54, 1.807) is 6.07 Å². The van der Waals surface area contributed by atoms with E-state index in [0.717, 1.165) is 6.20 Å². The maximum Gasteiger partial charge on any atom is 0.342 e. The summed E-state index contributed by atoms with van der Waals surface area (Å²) in [4.78, 5) is 22.8. The van der Waals surface area contributed by atoms with Gasteiger partial charge >= 0.3 is 5.69 Å². The number of non-ortho nitro benzene ring substituents is 1. The van der Waals surface area contributed by atoms with Crippen molar-refractivity contribution in [2.24, 2.45) is 0 Å². The molecule has 0 aliphatic rings. The fraction of sp³-hybridized carbons (Fsp3) is 0.118. The lowest BCUT2D eigenvalue weighted by atomic mass is 10.2. The Labute approximate surface area is 154 Å². The van der Waals surface area contributed by atoms with Gasteiger partial charge in [0.05, 0.1) is 23.5 Å². The van der Waals surface area contributed by atoms with Crippen molar-refractivity contribution in [2.75, 3.05) is 7.11 Å². The predicted molar refractivity (Wildman–Crippen MR) is 96.5 cm³/mol. The van der Waals surface area contributed by atoms with Crippen molar-refractivity contribution in [1.29, 1.82) is 0 Å². The van der Waals surface area contributed by atoms with Crippen LogP contribution in [0.1, 0.15) is 5.56 Å². The molecule has 0 saturated carbocycles. The number of nitro groups is 1. The third-order valence-electron chi connectivity index (χ3n) is 3.91. The van der Waals surface area contributed by atoms with E-state index in [0.29, 0.717) is 15.3 Å². The van der Waals surface area contributed by atoms with Gasteiger partial charge in [0.15, 0.2) is 0 Å². The molecule has 0 aliphatic heterocycles. The number of hydrogen-bond acceptors (Lipinski definition) is 6. The highest BCUT2D eigenvalue weighted by Gasteiger charge is 2.20. The van der Waals surface area contributed by atoms with Gasteiger partial charge in [0.2, 0.25) is 0 Å². The molecule has 0 spiro atoms. The van der Waals surface area contributed by atoms with Gasteiger partial charge in [-0.15, -0.1) is 0 Å². The Hall–Kier alpha value is -3.40. The lowest BCUT2D eigenvalue weighted by Gasteiger charge is -2.06. The summed E-state index contributed by atoms with van der Waals surface area (Å²) in [6.07, 6.45) is 2.47. The van der Waals surface area contributed by atoms with E-state index in [1.165, 1.54) is 60.3 Å². The van der Waals surface area contributed by atoms with Crippen molar-refractivity contribution in [2.45, 2.75) is 11.4 Å². The molecule has 1 heterocycles. The average molecular weight is 389 g/mol. The minimum Gasteiger partial charge on any atom is -0.497 e. The Morgan fingerprint density at radius 1 is 1.11 bits per heavy atom. The largest absolute Gasteiger partial charge is 0.497 e. The van der Waals surface area contributed by atoms with Crippen LogP contribution in [0.5, 0.6) is 5.75 Å². The van der Waals surface area contributed by atoms with Gasteiger partial charge in [-0.05, 0) is 29.8 Å². The van der Waals surface area contributed by atoms with Crippen LogP contribution in [0.15, 0.2) is 70.6 Å². The van der Waals surface area contributed by atoms with Crippen molar-refractivity contribution >= 4 is 15.7 Å². The van der Waals surface area contributed by atoms with E-state index < -0.39 is 20.6 Å². The maximum absolute atomic E-state index is 12.7. The van der Waals surface area contributed by atoms with E-state index in [9.17, 15) is 23.3 Å². The zero-order valence-corrected chi connectivity index (χ0v) is 15.0. The number of rotatable bonds is 6. The number of nitro benzene ring substituents is 1. The third kappa shape index (κ3) is 3.60. The molecule has 0 atom stereocenters. The molecule has 1 aromatic heterocycles. The van der Waals surface area contributed by atoms with Crippen LogP contribution in [-0.4, -0.2) is 29.0 Å². The summed E-state index contributed by atoms with van der Waals surface area (Å²) in [5.41, 5.74) is -0.367.